The van der Waals surface area contributed by atoms with Crippen molar-refractivity contribution in [2.75, 3.05) is 6.61 Å². The number of ether oxygens (including phenoxy) is 1. The Morgan fingerprint density at radius 3 is 2.40 bits per heavy atom. The number of carbonyl (C=O) groups excluding carboxylic acids is 1. The molecule has 0 saturated heterocycles. The summed E-state index contributed by atoms with van der Waals surface area (Å²) in [4.78, 5) is 25.1. The molecule has 0 radical (unpaired) electrons. The summed E-state index contributed by atoms with van der Waals surface area (Å²) < 4.78 is 39.1. The van der Waals surface area contributed by atoms with Gasteiger partial charge in [-0.15, -0.1) is 0 Å². The van der Waals surface area contributed by atoms with Gasteiger partial charge in [0.05, 0.1) is 10.3 Å². The SMILES string of the molecule is Cc1cc(OCC(=O)NS(=O)(=O)c2ccccc2)c2c(C)c(Cc3ccc(Br)cc3)c(=O)oc2c1. The molecule has 0 fully saturated rings. The lowest BCUT2D eigenvalue weighted by Gasteiger charge is -2.14. The van der Waals surface area contributed by atoms with E-state index in [0.717, 1.165) is 15.6 Å². The average Bonchev–Trinajstić information content (AvgIpc) is 2.81. The number of aryl methyl sites for hydroxylation is 2. The van der Waals surface area contributed by atoms with Crippen LogP contribution in [-0.4, -0.2) is 20.9 Å². The second kappa shape index (κ2) is 10.1. The van der Waals surface area contributed by atoms with Crippen molar-refractivity contribution in [3.8, 4) is 5.75 Å². The fourth-order valence-corrected chi connectivity index (χ4v) is 5.00. The van der Waals surface area contributed by atoms with Crippen LogP contribution < -0.4 is 15.1 Å². The molecule has 1 heterocycles. The highest BCUT2D eigenvalue weighted by Crippen LogP contribution is 2.32. The first-order valence-electron chi connectivity index (χ1n) is 10.7. The van der Waals surface area contributed by atoms with Crippen molar-refractivity contribution in [2.45, 2.75) is 25.2 Å². The van der Waals surface area contributed by atoms with Crippen LogP contribution in [0.4, 0.5) is 0 Å². The molecule has 0 aliphatic carbocycles. The molecule has 3 aromatic carbocycles. The lowest BCUT2D eigenvalue weighted by atomic mass is 9.98. The van der Waals surface area contributed by atoms with Crippen LogP contribution in [0, 0.1) is 13.8 Å². The summed E-state index contributed by atoms with van der Waals surface area (Å²) in [6, 6.07) is 18.7. The first kappa shape index (κ1) is 24.7. The van der Waals surface area contributed by atoms with E-state index in [0.29, 0.717) is 34.3 Å². The highest BCUT2D eigenvalue weighted by atomic mass is 79.9. The van der Waals surface area contributed by atoms with Gasteiger partial charge in [-0.05, 0) is 66.9 Å². The van der Waals surface area contributed by atoms with Gasteiger partial charge in [-0.2, -0.15) is 0 Å². The molecule has 0 aliphatic heterocycles. The number of halogens is 1. The quantitative estimate of drug-likeness (QED) is 0.333. The molecule has 1 aromatic heterocycles. The Morgan fingerprint density at radius 1 is 1.03 bits per heavy atom. The van der Waals surface area contributed by atoms with Crippen LogP contribution >= 0.6 is 15.9 Å². The Bertz CT molecular complexity index is 1560. The van der Waals surface area contributed by atoms with Gasteiger partial charge in [0.15, 0.2) is 6.61 Å². The Morgan fingerprint density at radius 2 is 1.71 bits per heavy atom. The summed E-state index contributed by atoms with van der Waals surface area (Å²) >= 11 is 3.40. The molecule has 0 atom stereocenters. The van der Waals surface area contributed by atoms with Crippen LogP contribution in [0.1, 0.15) is 22.3 Å². The largest absolute Gasteiger partial charge is 0.483 e. The molecule has 0 aliphatic rings. The normalized spacial score (nSPS) is 11.4. The minimum absolute atomic E-state index is 0.0236. The van der Waals surface area contributed by atoms with Gasteiger partial charge in [0.1, 0.15) is 11.3 Å². The fourth-order valence-electron chi connectivity index (χ4n) is 3.74. The molecule has 4 rings (SSSR count). The summed E-state index contributed by atoms with van der Waals surface area (Å²) in [5.74, 6) is -0.501. The van der Waals surface area contributed by atoms with Crippen LogP contribution in [0.15, 0.2) is 85.3 Å². The van der Waals surface area contributed by atoms with Crippen molar-refractivity contribution in [2.24, 2.45) is 0 Å². The highest BCUT2D eigenvalue weighted by molar-refractivity contribution is 9.10. The Kier molecular flexibility index (Phi) is 7.09. The second-order valence-corrected chi connectivity index (χ2v) is 10.7. The Balaban J connectivity index is 1.62. The summed E-state index contributed by atoms with van der Waals surface area (Å²) in [7, 11) is -4.02. The van der Waals surface area contributed by atoms with Crippen molar-refractivity contribution in [3.63, 3.8) is 0 Å². The number of hydrogen-bond donors (Lipinski definition) is 1. The standard InChI is InChI=1S/C26H22BrNO6S/c1-16-12-22(33-15-24(29)28-35(31,32)20-6-4-3-5-7-20)25-17(2)21(26(30)34-23(25)13-16)14-18-8-10-19(27)11-9-18/h3-13H,14-15H2,1-2H3,(H,28,29). The van der Waals surface area contributed by atoms with E-state index < -0.39 is 28.2 Å². The summed E-state index contributed by atoms with van der Waals surface area (Å²) in [5, 5.41) is 0.557. The number of fused-ring (bicyclic) bond motifs is 1. The van der Waals surface area contributed by atoms with Gasteiger partial charge in [0.25, 0.3) is 15.9 Å². The molecule has 1 amide bonds. The van der Waals surface area contributed by atoms with Crippen molar-refractivity contribution in [3.05, 3.63) is 104 Å². The summed E-state index contributed by atoms with van der Waals surface area (Å²) in [6.07, 6.45) is 0.362. The van der Waals surface area contributed by atoms with Crippen molar-refractivity contribution < 1.29 is 22.4 Å². The number of rotatable bonds is 7. The Labute approximate surface area is 210 Å². The minimum Gasteiger partial charge on any atom is -0.483 e. The maximum absolute atomic E-state index is 12.8. The molecule has 180 valence electrons. The van der Waals surface area contributed by atoms with Crippen molar-refractivity contribution in [1.82, 2.24) is 4.72 Å². The highest BCUT2D eigenvalue weighted by Gasteiger charge is 2.20. The van der Waals surface area contributed by atoms with E-state index in [-0.39, 0.29) is 4.90 Å². The van der Waals surface area contributed by atoms with Gasteiger partial charge >= 0.3 is 5.63 Å². The average molecular weight is 556 g/mol. The van der Waals surface area contributed by atoms with E-state index in [1.54, 1.807) is 44.2 Å². The molecule has 7 nitrogen and oxygen atoms in total. The van der Waals surface area contributed by atoms with Crippen molar-refractivity contribution in [1.29, 1.82) is 0 Å². The monoisotopic (exact) mass is 555 g/mol. The number of sulfonamides is 1. The molecule has 1 N–H and O–H groups in total. The summed E-state index contributed by atoms with van der Waals surface area (Å²) in [6.45, 7) is 3.07. The lowest BCUT2D eigenvalue weighted by Crippen LogP contribution is -2.34. The van der Waals surface area contributed by atoms with E-state index in [1.807, 2.05) is 29.0 Å². The van der Waals surface area contributed by atoms with Crippen LogP contribution in [0.3, 0.4) is 0 Å². The zero-order valence-electron chi connectivity index (χ0n) is 19.0. The number of amides is 1. The van der Waals surface area contributed by atoms with E-state index in [1.165, 1.54) is 12.1 Å². The molecule has 35 heavy (non-hydrogen) atoms. The second-order valence-electron chi connectivity index (χ2n) is 8.06. The van der Waals surface area contributed by atoms with E-state index >= 15 is 0 Å². The van der Waals surface area contributed by atoms with Crippen LogP contribution in [0.5, 0.6) is 5.75 Å². The molecule has 4 aromatic rings. The Hall–Kier alpha value is -3.43. The van der Waals surface area contributed by atoms with E-state index in [4.69, 9.17) is 9.15 Å². The number of carbonyl (C=O) groups is 1. The maximum Gasteiger partial charge on any atom is 0.340 e. The number of nitrogens with one attached hydrogen (secondary N) is 1. The molecule has 0 spiro atoms. The molecule has 0 bridgehead atoms. The van der Waals surface area contributed by atoms with Crippen LogP contribution in [-0.2, 0) is 21.2 Å². The third-order valence-corrected chi connectivity index (χ3v) is 7.36. The first-order chi connectivity index (χ1) is 16.6. The van der Waals surface area contributed by atoms with Gasteiger partial charge in [0.2, 0.25) is 0 Å². The zero-order valence-corrected chi connectivity index (χ0v) is 21.4. The van der Waals surface area contributed by atoms with Crippen molar-refractivity contribution >= 4 is 42.8 Å². The molecule has 0 unspecified atom stereocenters. The number of benzene rings is 3. The van der Waals surface area contributed by atoms with Gasteiger partial charge in [0, 0.05) is 16.5 Å². The minimum atomic E-state index is -4.02. The molecular formula is C26H22BrNO6S. The van der Waals surface area contributed by atoms with Gasteiger partial charge in [-0.1, -0.05) is 46.3 Å². The maximum atomic E-state index is 12.8. The first-order valence-corrected chi connectivity index (χ1v) is 13.0. The third-order valence-electron chi connectivity index (χ3n) is 5.44. The fraction of sp³-hybridized carbons (Fsp3) is 0.154. The van der Waals surface area contributed by atoms with E-state index in [9.17, 15) is 18.0 Å². The predicted molar refractivity (Wildman–Crippen MR) is 136 cm³/mol. The number of hydrogen-bond acceptors (Lipinski definition) is 6. The van der Waals surface area contributed by atoms with Gasteiger partial charge < -0.3 is 9.15 Å². The predicted octanol–water partition coefficient (Wildman–Crippen LogP) is 4.65. The van der Waals surface area contributed by atoms with Gasteiger partial charge in [-0.25, -0.2) is 17.9 Å². The third kappa shape index (κ3) is 5.63. The van der Waals surface area contributed by atoms with Crippen LogP contribution in [0.25, 0.3) is 11.0 Å². The molecular weight excluding hydrogens is 534 g/mol. The van der Waals surface area contributed by atoms with E-state index in [2.05, 4.69) is 15.9 Å². The zero-order chi connectivity index (χ0) is 25.2. The lowest BCUT2D eigenvalue weighted by molar-refractivity contribution is -0.121. The smallest absolute Gasteiger partial charge is 0.340 e. The van der Waals surface area contributed by atoms with Crippen LogP contribution in [0.2, 0.25) is 0 Å². The summed E-state index contributed by atoms with van der Waals surface area (Å²) in [5.41, 5.74) is 2.73. The topological polar surface area (TPSA) is 103 Å². The molecule has 0 saturated carbocycles. The molecule has 9 heteroatoms. The van der Waals surface area contributed by atoms with Gasteiger partial charge in [-0.3, -0.25) is 4.79 Å².